The van der Waals surface area contributed by atoms with E-state index < -0.39 is 0 Å². The van der Waals surface area contributed by atoms with Crippen LogP contribution in [0.4, 0.5) is 5.13 Å². The third-order valence-electron chi connectivity index (χ3n) is 5.08. The van der Waals surface area contributed by atoms with Crippen molar-refractivity contribution in [1.82, 2.24) is 9.88 Å². The summed E-state index contributed by atoms with van der Waals surface area (Å²) in [5.41, 5.74) is 1.37. The van der Waals surface area contributed by atoms with Crippen LogP contribution < -0.4 is 14.8 Å². The molecule has 2 aromatic rings. The standard InChI is InChI=1S/C20H23N3O4S/c1-13-11-28-20(21-13)22-18(24)10-23(15-5-3-2-4-6-15)19(25)14-7-8-16-17(9-14)27-12-26-16/h7-9,11,15H,2-6,10,12H2,1H3,(H,21,22,24). The second-order valence-electron chi connectivity index (χ2n) is 7.14. The molecule has 4 rings (SSSR count). The Bertz CT molecular complexity index is 876. The predicted molar refractivity (Wildman–Crippen MR) is 106 cm³/mol. The molecule has 1 aliphatic carbocycles. The first-order valence-electron chi connectivity index (χ1n) is 9.53. The number of fused-ring (bicyclic) bond motifs is 1. The molecule has 0 spiro atoms. The van der Waals surface area contributed by atoms with Crippen molar-refractivity contribution < 1.29 is 19.1 Å². The lowest BCUT2D eigenvalue weighted by Crippen LogP contribution is -2.45. The molecule has 2 amide bonds. The van der Waals surface area contributed by atoms with Gasteiger partial charge >= 0.3 is 0 Å². The van der Waals surface area contributed by atoms with Crippen molar-refractivity contribution in [3.63, 3.8) is 0 Å². The Labute approximate surface area is 167 Å². The maximum absolute atomic E-state index is 13.3. The second kappa shape index (κ2) is 8.18. The Morgan fingerprint density at radius 1 is 1.21 bits per heavy atom. The molecular weight excluding hydrogens is 378 g/mol. The van der Waals surface area contributed by atoms with Gasteiger partial charge in [-0.1, -0.05) is 19.3 Å². The minimum atomic E-state index is -0.228. The zero-order chi connectivity index (χ0) is 19.5. The van der Waals surface area contributed by atoms with Crippen LogP contribution in [0.5, 0.6) is 11.5 Å². The van der Waals surface area contributed by atoms with E-state index >= 15 is 0 Å². The van der Waals surface area contributed by atoms with Gasteiger partial charge in [-0.05, 0) is 38.0 Å². The zero-order valence-corrected chi connectivity index (χ0v) is 16.6. The fourth-order valence-electron chi connectivity index (χ4n) is 3.68. The van der Waals surface area contributed by atoms with Crippen molar-refractivity contribution >= 4 is 28.3 Å². The number of aromatic nitrogens is 1. The highest BCUT2D eigenvalue weighted by Crippen LogP contribution is 2.33. The number of rotatable bonds is 5. The van der Waals surface area contributed by atoms with Gasteiger partial charge in [-0.25, -0.2) is 4.98 Å². The van der Waals surface area contributed by atoms with Gasteiger partial charge in [0.2, 0.25) is 12.7 Å². The van der Waals surface area contributed by atoms with Gasteiger partial charge < -0.3 is 19.7 Å². The first-order valence-corrected chi connectivity index (χ1v) is 10.4. The van der Waals surface area contributed by atoms with Crippen molar-refractivity contribution in [2.75, 3.05) is 18.7 Å². The summed E-state index contributed by atoms with van der Waals surface area (Å²) in [7, 11) is 0. The molecule has 0 bridgehead atoms. The predicted octanol–water partition coefficient (Wildman–Crippen LogP) is 3.59. The van der Waals surface area contributed by atoms with Gasteiger partial charge in [0, 0.05) is 17.0 Å². The van der Waals surface area contributed by atoms with Crippen molar-refractivity contribution in [2.45, 2.75) is 45.1 Å². The van der Waals surface area contributed by atoms with Crippen LogP contribution in [0.1, 0.15) is 48.2 Å². The van der Waals surface area contributed by atoms with E-state index in [4.69, 9.17) is 9.47 Å². The molecule has 1 fully saturated rings. The molecule has 2 heterocycles. The van der Waals surface area contributed by atoms with Gasteiger partial charge in [-0.2, -0.15) is 0 Å². The summed E-state index contributed by atoms with van der Waals surface area (Å²) in [6, 6.07) is 5.24. The fourth-order valence-corrected chi connectivity index (χ4v) is 4.38. The van der Waals surface area contributed by atoms with E-state index in [9.17, 15) is 9.59 Å². The molecule has 1 N–H and O–H groups in total. The Hall–Kier alpha value is -2.61. The number of benzene rings is 1. The third kappa shape index (κ3) is 4.11. The monoisotopic (exact) mass is 401 g/mol. The van der Waals surface area contributed by atoms with E-state index in [1.165, 1.54) is 17.8 Å². The number of anilines is 1. The van der Waals surface area contributed by atoms with Crippen LogP contribution in [0.15, 0.2) is 23.6 Å². The van der Waals surface area contributed by atoms with E-state index in [0.717, 1.165) is 31.4 Å². The number of amides is 2. The normalized spacial score (nSPS) is 16.0. The number of carbonyl (C=O) groups is 2. The number of aryl methyl sites for hydroxylation is 1. The maximum atomic E-state index is 13.3. The third-order valence-corrected chi connectivity index (χ3v) is 5.95. The first-order chi connectivity index (χ1) is 13.6. The molecule has 1 aromatic carbocycles. The van der Waals surface area contributed by atoms with Crippen LogP contribution in [0.3, 0.4) is 0 Å². The molecule has 0 unspecified atom stereocenters. The number of nitrogens with one attached hydrogen (secondary N) is 1. The van der Waals surface area contributed by atoms with Gasteiger partial charge in [0.15, 0.2) is 16.6 Å². The summed E-state index contributed by atoms with van der Waals surface area (Å²) in [4.78, 5) is 31.9. The van der Waals surface area contributed by atoms with Crippen molar-refractivity contribution in [2.24, 2.45) is 0 Å². The molecule has 7 nitrogen and oxygen atoms in total. The molecular formula is C20H23N3O4S. The van der Waals surface area contributed by atoms with Crippen LogP contribution in [0, 0.1) is 6.92 Å². The molecule has 2 aliphatic rings. The molecule has 0 atom stereocenters. The lowest BCUT2D eigenvalue weighted by molar-refractivity contribution is -0.117. The fraction of sp³-hybridized carbons (Fsp3) is 0.450. The lowest BCUT2D eigenvalue weighted by Gasteiger charge is -2.34. The van der Waals surface area contributed by atoms with E-state index in [1.807, 2.05) is 12.3 Å². The van der Waals surface area contributed by atoms with Gasteiger partial charge in [-0.15, -0.1) is 11.3 Å². The summed E-state index contributed by atoms with van der Waals surface area (Å²) in [5.74, 6) is 0.819. The summed E-state index contributed by atoms with van der Waals surface area (Å²) >= 11 is 1.38. The highest BCUT2D eigenvalue weighted by atomic mass is 32.1. The van der Waals surface area contributed by atoms with Gasteiger partial charge in [0.05, 0.1) is 5.69 Å². The maximum Gasteiger partial charge on any atom is 0.254 e. The van der Waals surface area contributed by atoms with Gasteiger partial charge in [-0.3, -0.25) is 9.59 Å². The molecule has 0 radical (unpaired) electrons. The van der Waals surface area contributed by atoms with Crippen LogP contribution in [-0.4, -0.2) is 41.1 Å². The molecule has 28 heavy (non-hydrogen) atoms. The minimum absolute atomic E-state index is 0.0105. The Morgan fingerprint density at radius 2 is 2.00 bits per heavy atom. The number of hydrogen-bond donors (Lipinski definition) is 1. The average molecular weight is 401 g/mol. The molecule has 1 aromatic heterocycles. The Morgan fingerprint density at radius 3 is 2.75 bits per heavy atom. The van der Waals surface area contributed by atoms with E-state index in [-0.39, 0.29) is 31.2 Å². The first kappa shape index (κ1) is 18.7. The van der Waals surface area contributed by atoms with Crippen LogP contribution in [0.25, 0.3) is 0 Å². The van der Waals surface area contributed by atoms with Crippen molar-refractivity contribution in [3.8, 4) is 11.5 Å². The summed E-state index contributed by atoms with van der Waals surface area (Å²) in [6.45, 7) is 2.05. The quantitative estimate of drug-likeness (QED) is 0.828. The molecule has 148 valence electrons. The van der Waals surface area contributed by atoms with E-state index in [0.29, 0.717) is 22.2 Å². The zero-order valence-electron chi connectivity index (χ0n) is 15.8. The highest BCUT2D eigenvalue weighted by Gasteiger charge is 2.29. The van der Waals surface area contributed by atoms with Crippen LogP contribution in [0.2, 0.25) is 0 Å². The van der Waals surface area contributed by atoms with Crippen LogP contribution >= 0.6 is 11.3 Å². The number of carbonyl (C=O) groups excluding carboxylic acids is 2. The van der Waals surface area contributed by atoms with Crippen molar-refractivity contribution in [1.29, 1.82) is 0 Å². The Balaban J connectivity index is 1.52. The molecule has 0 saturated heterocycles. The van der Waals surface area contributed by atoms with Gasteiger partial charge in [0.25, 0.3) is 5.91 Å². The van der Waals surface area contributed by atoms with Crippen LogP contribution in [-0.2, 0) is 4.79 Å². The smallest absolute Gasteiger partial charge is 0.254 e. The molecule has 1 aliphatic heterocycles. The SMILES string of the molecule is Cc1csc(NC(=O)CN(C(=O)c2ccc3c(c2)OCO3)C2CCCCC2)n1. The number of nitrogens with zero attached hydrogens (tertiary/aromatic N) is 2. The number of thiazole rings is 1. The topological polar surface area (TPSA) is 80.8 Å². The molecule has 1 saturated carbocycles. The second-order valence-corrected chi connectivity index (χ2v) is 7.99. The lowest BCUT2D eigenvalue weighted by atomic mass is 9.93. The highest BCUT2D eigenvalue weighted by molar-refractivity contribution is 7.13. The van der Waals surface area contributed by atoms with E-state index in [1.54, 1.807) is 23.1 Å². The Kier molecular flexibility index (Phi) is 5.47. The van der Waals surface area contributed by atoms with E-state index in [2.05, 4.69) is 10.3 Å². The minimum Gasteiger partial charge on any atom is -0.454 e. The number of hydrogen-bond acceptors (Lipinski definition) is 6. The summed E-state index contributed by atoms with van der Waals surface area (Å²) < 4.78 is 10.7. The van der Waals surface area contributed by atoms with Crippen molar-refractivity contribution in [3.05, 3.63) is 34.8 Å². The summed E-state index contributed by atoms with van der Waals surface area (Å²) in [6.07, 6.45) is 5.15. The average Bonchev–Trinajstić information content (AvgIpc) is 3.34. The molecule has 8 heteroatoms. The van der Waals surface area contributed by atoms with Gasteiger partial charge in [0.1, 0.15) is 6.54 Å². The summed E-state index contributed by atoms with van der Waals surface area (Å²) in [5, 5.41) is 5.25. The largest absolute Gasteiger partial charge is 0.454 e. The number of ether oxygens (including phenoxy) is 2.